The lowest BCUT2D eigenvalue weighted by atomic mass is 10.2. The second-order valence-corrected chi connectivity index (χ2v) is 3.31. The van der Waals surface area contributed by atoms with E-state index in [0.717, 1.165) is 5.56 Å². The summed E-state index contributed by atoms with van der Waals surface area (Å²) >= 11 is 0. The van der Waals surface area contributed by atoms with Crippen LogP contribution in [0, 0.1) is 11.3 Å². The topological polar surface area (TPSA) is 63.5 Å². The maximum atomic E-state index is 8.53. The normalized spacial score (nSPS) is 9.53. The fourth-order valence-corrected chi connectivity index (χ4v) is 1.49. The minimum Gasteiger partial charge on any atom is -0.493 e. The second kappa shape index (κ2) is 6.61. The smallest absolute Gasteiger partial charge is 0.204 e. The summed E-state index contributed by atoms with van der Waals surface area (Å²) in [4.78, 5) is 0. The molecule has 1 N–H and O–H groups in total. The van der Waals surface area contributed by atoms with Crippen molar-refractivity contribution in [1.29, 1.82) is 5.26 Å². The van der Waals surface area contributed by atoms with E-state index < -0.39 is 0 Å². The van der Waals surface area contributed by atoms with Crippen LogP contribution in [-0.4, -0.2) is 27.9 Å². The van der Waals surface area contributed by atoms with Crippen molar-refractivity contribution in [2.75, 3.05) is 27.9 Å². The highest BCUT2D eigenvalue weighted by atomic mass is 16.5. The number of methoxy groups -OCH3 is 2. The molecule has 1 aromatic carbocycles. The summed E-state index contributed by atoms with van der Waals surface area (Å²) in [6, 6.07) is 5.62. The SMILES string of the molecule is CNCc1cc(OC)c(OCC#N)c(OC)c1. The molecule has 0 saturated carbocycles. The van der Waals surface area contributed by atoms with E-state index in [0.29, 0.717) is 23.8 Å². The van der Waals surface area contributed by atoms with Crippen molar-refractivity contribution in [2.24, 2.45) is 0 Å². The van der Waals surface area contributed by atoms with E-state index in [-0.39, 0.29) is 6.61 Å². The summed E-state index contributed by atoms with van der Waals surface area (Å²) in [5.41, 5.74) is 1.02. The van der Waals surface area contributed by atoms with Crippen molar-refractivity contribution in [3.05, 3.63) is 17.7 Å². The van der Waals surface area contributed by atoms with Gasteiger partial charge in [-0.05, 0) is 24.7 Å². The van der Waals surface area contributed by atoms with Gasteiger partial charge in [-0.2, -0.15) is 5.26 Å². The Hall–Kier alpha value is -1.93. The molecule has 0 atom stereocenters. The summed E-state index contributed by atoms with van der Waals surface area (Å²) in [6.07, 6.45) is 0. The third-order valence-electron chi connectivity index (χ3n) is 2.18. The van der Waals surface area contributed by atoms with Gasteiger partial charge in [0, 0.05) is 6.54 Å². The quantitative estimate of drug-likeness (QED) is 0.807. The lowest BCUT2D eigenvalue weighted by molar-refractivity contribution is 0.303. The molecule has 1 rings (SSSR count). The van der Waals surface area contributed by atoms with Gasteiger partial charge in [-0.25, -0.2) is 0 Å². The van der Waals surface area contributed by atoms with Crippen LogP contribution in [0.5, 0.6) is 17.2 Å². The van der Waals surface area contributed by atoms with Crippen LogP contribution in [0.15, 0.2) is 12.1 Å². The van der Waals surface area contributed by atoms with Gasteiger partial charge in [-0.1, -0.05) is 0 Å². The molecule has 17 heavy (non-hydrogen) atoms. The lowest BCUT2D eigenvalue weighted by Crippen LogP contribution is -2.07. The fraction of sp³-hybridized carbons (Fsp3) is 0.417. The first kappa shape index (κ1) is 13.1. The number of nitriles is 1. The Labute approximate surface area is 101 Å². The number of rotatable bonds is 6. The van der Waals surface area contributed by atoms with E-state index in [2.05, 4.69) is 5.32 Å². The monoisotopic (exact) mass is 236 g/mol. The molecule has 0 heterocycles. The van der Waals surface area contributed by atoms with Crippen molar-refractivity contribution in [1.82, 2.24) is 5.32 Å². The molecule has 92 valence electrons. The zero-order chi connectivity index (χ0) is 12.7. The maximum absolute atomic E-state index is 8.53. The molecule has 0 amide bonds. The third kappa shape index (κ3) is 3.26. The van der Waals surface area contributed by atoms with E-state index in [1.165, 1.54) is 0 Å². The molecule has 0 bridgehead atoms. The van der Waals surface area contributed by atoms with Gasteiger partial charge in [0.2, 0.25) is 5.75 Å². The van der Waals surface area contributed by atoms with Crippen molar-refractivity contribution in [2.45, 2.75) is 6.54 Å². The lowest BCUT2D eigenvalue weighted by Gasteiger charge is -2.14. The maximum Gasteiger partial charge on any atom is 0.204 e. The summed E-state index contributed by atoms with van der Waals surface area (Å²) in [6.45, 7) is 0.656. The average Bonchev–Trinajstić information content (AvgIpc) is 2.36. The number of ether oxygens (including phenoxy) is 3. The Morgan fingerprint density at radius 2 is 1.82 bits per heavy atom. The Balaban J connectivity index is 3.12. The molecule has 0 aliphatic heterocycles. The van der Waals surface area contributed by atoms with Gasteiger partial charge in [-0.3, -0.25) is 0 Å². The van der Waals surface area contributed by atoms with E-state index in [1.54, 1.807) is 14.2 Å². The molecule has 0 fully saturated rings. The molecule has 0 radical (unpaired) electrons. The molecule has 0 aliphatic rings. The van der Waals surface area contributed by atoms with Crippen molar-refractivity contribution >= 4 is 0 Å². The Morgan fingerprint density at radius 1 is 1.24 bits per heavy atom. The highest BCUT2D eigenvalue weighted by Crippen LogP contribution is 2.38. The average molecular weight is 236 g/mol. The zero-order valence-corrected chi connectivity index (χ0v) is 10.2. The van der Waals surface area contributed by atoms with Crippen LogP contribution in [0.2, 0.25) is 0 Å². The third-order valence-corrected chi connectivity index (χ3v) is 2.18. The van der Waals surface area contributed by atoms with Crippen LogP contribution in [0.25, 0.3) is 0 Å². The van der Waals surface area contributed by atoms with Gasteiger partial charge in [0.05, 0.1) is 14.2 Å². The molecule has 1 aromatic rings. The van der Waals surface area contributed by atoms with E-state index in [9.17, 15) is 0 Å². The molecular formula is C12H16N2O3. The van der Waals surface area contributed by atoms with E-state index in [4.69, 9.17) is 19.5 Å². The van der Waals surface area contributed by atoms with Crippen LogP contribution in [0.4, 0.5) is 0 Å². The van der Waals surface area contributed by atoms with Gasteiger partial charge in [0.25, 0.3) is 0 Å². The molecule has 0 saturated heterocycles. The van der Waals surface area contributed by atoms with Crippen LogP contribution in [0.3, 0.4) is 0 Å². The first-order chi connectivity index (χ1) is 8.26. The molecule has 0 aromatic heterocycles. The summed E-state index contributed by atoms with van der Waals surface area (Å²) < 4.78 is 15.8. The van der Waals surface area contributed by atoms with Crippen molar-refractivity contribution < 1.29 is 14.2 Å². The van der Waals surface area contributed by atoms with Crippen LogP contribution >= 0.6 is 0 Å². The predicted molar refractivity (Wildman–Crippen MR) is 63.4 cm³/mol. The molecule has 0 spiro atoms. The zero-order valence-electron chi connectivity index (χ0n) is 10.2. The Kier molecular flexibility index (Phi) is 5.11. The number of nitrogens with one attached hydrogen (secondary N) is 1. The van der Waals surface area contributed by atoms with Gasteiger partial charge < -0.3 is 19.5 Å². The summed E-state index contributed by atoms with van der Waals surface area (Å²) in [5.74, 6) is 1.58. The largest absolute Gasteiger partial charge is 0.493 e. The molecular weight excluding hydrogens is 220 g/mol. The highest BCUT2D eigenvalue weighted by molar-refractivity contribution is 5.54. The fourth-order valence-electron chi connectivity index (χ4n) is 1.49. The van der Waals surface area contributed by atoms with Gasteiger partial charge in [-0.15, -0.1) is 0 Å². The van der Waals surface area contributed by atoms with Gasteiger partial charge >= 0.3 is 0 Å². The minimum absolute atomic E-state index is 0.0436. The second-order valence-electron chi connectivity index (χ2n) is 3.31. The molecule has 5 heteroatoms. The number of hydrogen-bond acceptors (Lipinski definition) is 5. The molecule has 0 unspecified atom stereocenters. The first-order valence-electron chi connectivity index (χ1n) is 5.16. The predicted octanol–water partition coefficient (Wildman–Crippen LogP) is 1.33. The highest BCUT2D eigenvalue weighted by Gasteiger charge is 2.13. The van der Waals surface area contributed by atoms with E-state index in [1.807, 2.05) is 25.2 Å². The first-order valence-corrected chi connectivity index (χ1v) is 5.16. The molecule has 0 aliphatic carbocycles. The standard InChI is InChI=1S/C12H16N2O3/c1-14-8-9-6-10(15-2)12(17-5-4-13)11(7-9)16-3/h6-7,14H,5,8H2,1-3H3. The summed E-state index contributed by atoms with van der Waals surface area (Å²) in [5, 5.41) is 11.6. The van der Waals surface area contributed by atoms with Gasteiger partial charge in [0.15, 0.2) is 18.1 Å². The summed E-state index contributed by atoms with van der Waals surface area (Å²) in [7, 11) is 4.97. The Bertz CT molecular complexity index is 388. The van der Waals surface area contributed by atoms with Crippen LogP contribution in [-0.2, 0) is 6.54 Å². The van der Waals surface area contributed by atoms with Crippen molar-refractivity contribution in [3.63, 3.8) is 0 Å². The van der Waals surface area contributed by atoms with Gasteiger partial charge in [0.1, 0.15) is 6.07 Å². The van der Waals surface area contributed by atoms with Crippen molar-refractivity contribution in [3.8, 4) is 23.3 Å². The number of benzene rings is 1. The Morgan fingerprint density at radius 3 is 2.24 bits per heavy atom. The number of hydrogen-bond donors (Lipinski definition) is 1. The number of nitrogens with zero attached hydrogens (tertiary/aromatic N) is 1. The van der Waals surface area contributed by atoms with Crippen LogP contribution in [0.1, 0.15) is 5.56 Å². The molecule has 5 nitrogen and oxygen atoms in total. The minimum atomic E-state index is -0.0436. The van der Waals surface area contributed by atoms with Crippen LogP contribution < -0.4 is 19.5 Å². The van der Waals surface area contributed by atoms with E-state index >= 15 is 0 Å².